The van der Waals surface area contributed by atoms with Crippen LogP contribution in [0.5, 0.6) is 0 Å². The van der Waals surface area contributed by atoms with E-state index in [-0.39, 0.29) is 0 Å². The van der Waals surface area contributed by atoms with Gasteiger partial charge in [-0.1, -0.05) is 18.2 Å². The van der Waals surface area contributed by atoms with E-state index in [0.717, 1.165) is 47.5 Å². The number of hydrogen-bond donors (Lipinski definition) is 3. The summed E-state index contributed by atoms with van der Waals surface area (Å²) in [6.45, 7) is 2.01. The van der Waals surface area contributed by atoms with E-state index in [2.05, 4.69) is 36.9 Å². The molecular weight excluding hydrogens is 330 g/mol. The van der Waals surface area contributed by atoms with Crippen LogP contribution in [0.3, 0.4) is 0 Å². The van der Waals surface area contributed by atoms with Gasteiger partial charge in [0.25, 0.3) is 0 Å². The number of nitrogens with one attached hydrogen (secondary N) is 3. The lowest BCUT2D eigenvalue weighted by atomic mass is 10.1. The van der Waals surface area contributed by atoms with Crippen molar-refractivity contribution >= 4 is 34.0 Å². The van der Waals surface area contributed by atoms with Crippen LogP contribution in [-0.4, -0.2) is 32.3 Å². The summed E-state index contributed by atoms with van der Waals surface area (Å²) in [6, 6.07) is 18.2. The third kappa shape index (κ3) is 4.81. The molecule has 0 saturated heterocycles. The zero-order valence-electron chi connectivity index (χ0n) is 14.6. The predicted octanol–water partition coefficient (Wildman–Crippen LogP) is 2.92. The highest BCUT2D eigenvalue weighted by atomic mass is 32.1. The zero-order valence-corrected chi connectivity index (χ0v) is 15.5. The lowest BCUT2D eigenvalue weighted by Gasteiger charge is -2.11. The maximum Gasteiger partial charge on any atom is 0.170 e. The van der Waals surface area contributed by atoms with E-state index in [1.165, 1.54) is 4.90 Å². The van der Waals surface area contributed by atoms with Gasteiger partial charge >= 0.3 is 0 Å². The molecule has 0 bridgehead atoms. The molecule has 0 aliphatic carbocycles. The number of thiocarbonyl (C=S) groups is 1. The quantitative estimate of drug-likeness (QED) is 0.470. The van der Waals surface area contributed by atoms with Gasteiger partial charge in [0.15, 0.2) is 5.11 Å². The molecule has 1 heterocycles. The highest BCUT2D eigenvalue weighted by molar-refractivity contribution is 7.80. The molecule has 4 nitrogen and oxygen atoms in total. The van der Waals surface area contributed by atoms with Crippen LogP contribution >= 0.6 is 12.2 Å². The standard InChI is InChI=1S/C20H23N3OS/c1-23(2)13-5-12-21-20(25)22-17-10-8-15(9-11-17)19-14-16-6-3-4-7-18(16)24-19/h3-4,6-11,14H,5,12-13H2,1-2H3,(H2,21,22,25)/p+1. The molecule has 3 rings (SSSR count). The first-order valence-corrected chi connectivity index (χ1v) is 8.95. The van der Waals surface area contributed by atoms with Crippen molar-refractivity contribution in [3.05, 3.63) is 54.6 Å². The van der Waals surface area contributed by atoms with E-state index in [4.69, 9.17) is 16.6 Å². The Bertz CT molecular complexity index is 807. The van der Waals surface area contributed by atoms with Crippen molar-refractivity contribution in [1.82, 2.24) is 5.32 Å². The Balaban J connectivity index is 1.57. The van der Waals surface area contributed by atoms with Crippen LogP contribution in [0.2, 0.25) is 0 Å². The van der Waals surface area contributed by atoms with Gasteiger partial charge in [0.2, 0.25) is 0 Å². The molecule has 2 aromatic carbocycles. The van der Waals surface area contributed by atoms with Crippen LogP contribution in [0.1, 0.15) is 6.42 Å². The minimum atomic E-state index is 0.658. The van der Waals surface area contributed by atoms with Crippen LogP contribution in [0.25, 0.3) is 22.3 Å². The molecule has 5 heteroatoms. The molecule has 0 spiro atoms. The summed E-state index contributed by atoms with van der Waals surface area (Å²) in [5.74, 6) is 0.875. The SMILES string of the molecule is C[NH+](C)CCCNC(=S)Nc1ccc(-c2cc3ccccc3o2)cc1. The summed E-state index contributed by atoms with van der Waals surface area (Å²) in [7, 11) is 4.31. The van der Waals surface area contributed by atoms with E-state index < -0.39 is 0 Å². The molecule has 3 N–H and O–H groups in total. The summed E-state index contributed by atoms with van der Waals surface area (Å²) in [6.07, 6.45) is 1.09. The van der Waals surface area contributed by atoms with Crippen molar-refractivity contribution < 1.29 is 9.32 Å². The number of quaternary nitrogens is 1. The highest BCUT2D eigenvalue weighted by Gasteiger charge is 2.06. The third-order valence-corrected chi connectivity index (χ3v) is 4.24. The Kier molecular flexibility index (Phi) is 5.68. The lowest BCUT2D eigenvalue weighted by molar-refractivity contribution is -0.858. The van der Waals surface area contributed by atoms with Gasteiger partial charge < -0.3 is 20.0 Å². The molecule has 0 atom stereocenters. The fraction of sp³-hybridized carbons (Fsp3) is 0.250. The first-order valence-electron chi connectivity index (χ1n) is 8.55. The normalized spacial score (nSPS) is 11.0. The van der Waals surface area contributed by atoms with E-state index in [1.807, 2.05) is 42.5 Å². The van der Waals surface area contributed by atoms with Gasteiger partial charge in [-0.25, -0.2) is 0 Å². The fourth-order valence-corrected chi connectivity index (χ4v) is 2.88. The Labute approximate surface area is 153 Å². The molecule has 0 aliphatic heterocycles. The largest absolute Gasteiger partial charge is 0.456 e. The minimum Gasteiger partial charge on any atom is -0.456 e. The molecule has 0 amide bonds. The Morgan fingerprint density at radius 2 is 1.84 bits per heavy atom. The maximum absolute atomic E-state index is 5.90. The van der Waals surface area contributed by atoms with Gasteiger partial charge in [-0.15, -0.1) is 0 Å². The Morgan fingerprint density at radius 3 is 2.56 bits per heavy atom. The highest BCUT2D eigenvalue weighted by Crippen LogP contribution is 2.28. The topological polar surface area (TPSA) is 41.6 Å². The van der Waals surface area contributed by atoms with Gasteiger partial charge in [-0.05, 0) is 48.6 Å². The van der Waals surface area contributed by atoms with E-state index in [1.54, 1.807) is 0 Å². The second kappa shape index (κ2) is 8.14. The van der Waals surface area contributed by atoms with Crippen LogP contribution in [0, 0.1) is 0 Å². The van der Waals surface area contributed by atoms with Crippen LogP contribution in [-0.2, 0) is 0 Å². The van der Waals surface area contributed by atoms with E-state index >= 15 is 0 Å². The maximum atomic E-state index is 5.90. The molecule has 1 aromatic heterocycles. The molecule has 0 radical (unpaired) electrons. The van der Waals surface area contributed by atoms with Crippen molar-refractivity contribution in [2.45, 2.75) is 6.42 Å². The molecule has 0 saturated carbocycles. The lowest BCUT2D eigenvalue weighted by Crippen LogP contribution is -3.05. The second-order valence-corrected chi connectivity index (χ2v) is 6.83. The first kappa shape index (κ1) is 17.5. The smallest absolute Gasteiger partial charge is 0.170 e. The van der Waals surface area contributed by atoms with Gasteiger partial charge in [-0.2, -0.15) is 0 Å². The summed E-state index contributed by atoms with van der Waals surface area (Å²) in [5, 5.41) is 8.23. The van der Waals surface area contributed by atoms with Crippen molar-refractivity contribution in [2.24, 2.45) is 0 Å². The predicted molar refractivity (Wildman–Crippen MR) is 108 cm³/mol. The minimum absolute atomic E-state index is 0.658. The van der Waals surface area contributed by atoms with E-state index in [9.17, 15) is 0 Å². The third-order valence-electron chi connectivity index (χ3n) is 3.99. The molecule has 25 heavy (non-hydrogen) atoms. The average Bonchev–Trinajstić information content (AvgIpc) is 3.03. The monoisotopic (exact) mass is 354 g/mol. The number of anilines is 1. The van der Waals surface area contributed by atoms with Crippen LogP contribution in [0.4, 0.5) is 5.69 Å². The van der Waals surface area contributed by atoms with Gasteiger partial charge in [0.05, 0.1) is 20.6 Å². The van der Waals surface area contributed by atoms with Crippen molar-refractivity contribution in [3.8, 4) is 11.3 Å². The molecule has 3 aromatic rings. The average molecular weight is 354 g/mol. The summed E-state index contributed by atoms with van der Waals surface area (Å²) in [5.41, 5.74) is 2.93. The van der Waals surface area contributed by atoms with Crippen molar-refractivity contribution in [3.63, 3.8) is 0 Å². The molecule has 130 valence electrons. The summed E-state index contributed by atoms with van der Waals surface area (Å²) >= 11 is 5.34. The van der Waals surface area contributed by atoms with Crippen LogP contribution < -0.4 is 15.5 Å². The number of benzene rings is 2. The Morgan fingerprint density at radius 1 is 1.08 bits per heavy atom. The van der Waals surface area contributed by atoms with Gasteiger partial charge in [0, 0.05) is 29.6 Å². The number of rotatable bonds is 6. The summed E-state index contributed by atoms with van der Waals surface area (Å²) < 4.78 is 5.90. The number of fused-ring (bicyclic) bond motifs is 1. The number of furan rings is 1. The van der Waals surface area contributed by atoms with Crippen LogP contribution in [0.15, 0.2) is 59.0 Å². The van der Waals surface area contributed by atoms with Crippen molar-refractivity contribution in [1.29, 1.82) is 0 Å². The number of para-hydroxylation sites is 1. The second-order valence-electron chi connectivity index (χ2n) is 6.42. The number of hydrogen-bond acceptors (Lipinski definition) is 2. The van der Waals surface area contributed by atoms with Gasteiger partial charge in [0.1, 0.15) is 11.3 Å². The molecule has 0 aliphatic rings. The fourth-order valence-electron chi connectivity index (χ4n) is 2.66. The first-order chi connectivity index (χ1) is 12.1. The molecule has 0 fully saturated rings. The zero-order chi connectivity index (χ0) is 17.6. The Hall–Kier alpha value is -2.37. The van der Waals surface area contributed by atoms with E-state index in [0.29, 0.717) is 5.11 Å². The molecular formula is C20H24N3OS+. The van der Waals surface area contributed by atoms with Gasteiger partial charge in [-0.3, -0.25) is 0 Å². The summed E-state index contributed by atoms with van der Waals surface area (Å²) in [4.78, 5) is 1.45. The molecule has 0 unspecified atom stereocenters. The van der Waals surface area contributed by atoms with Crippen molar-refractivity contribution in [2.75, 3.05) is 32.5 Å².